The molecule has 1 atom stereocenters. The molecule has 0 fully saturated rings. The number of carbonyl (C=O) groups is 2. The van der Waals surface area contributed by atoms with Crippen molar-refractivity contribution >= 4 is 12.0 Å². The van der Waals surface area contributed by atoms with Crippen LogP contribution in [-0.2, 0) is 4.79 Å². The van der Waals surface area contributed by atoms with Gasteiger partial charge in [-0.25, -0.2) is 9.59 Å². The van der Waals surface area contributed by atoms with E-state index >= 15 is 0 Å². The van der Waals surface area contributed by atoms with E-state index in [9.17, 15) is 14.5 Å². The zero-order valence-electron chi connectivity index (χ0n) is 7.70. The van der Waals surface area contributed by atoms with E-state index in [1.165, 1.54) is 0 Å². The van der Waals surface area contributed by atoms with E-state index in [1.54, 1.807) is 20.8 Å². The van der Waals surface area contributed by atoms with Gasteiger partial charge in [-0.2, -0.15) is 0 Å². The Kier molecular flexibility index (Phi) is 3.53. The molecule has 2 N–H and O–H groups in total. The van der Waals surface area contributed by atoms with E-state index in [2.05, 4.69) is 5.18 Å². The largest absolute Gasteiger partial charge is 0.480 e. The van der Waals surface area contributed by atoms with Gasteiger partial charge in [-0.15, -0.1) is 4.91 Å². The van der Waals surface area contributed by atoms with E-state index in [0.717, 1.165) is 0 Å². The summed E-state index contributed by atoms with van der Waals surface area (Å²) in [6.45, 7) is 4.91. The highest BCUT2D eigenvalue weighted by molar-refractivity contribution is 5.83. The summed E-state index contributed by atoms with van der Waals surface area (Å²) in [4.78, 5) is 30.9. The number of carboxylic acid groups (broad SMARTS) is 1. The second-order valence-corrected chi connectivity index (χ2v) is 3.68. The van der Waals surface area contributed by atoms with Crippen LogP contribution in [0.4, 0.5) is 4.79 Å². The second-order valence-electron chi connectivity index (χ2n) is 3.68. The molecule has 0 unspecified atom stereocenters. The number of amides is 2. The van der Waals surface area contributed by atoms with Gasteiger partial charge in [0.2, 0.25) is 0 Å². The van der Waals surface area contributed by atoms with Crippen molar-refractivity contribution in [3.05, 3.63) is 4.91 Å². The first-order valence-electron chi connectivity index (χ1n) is 3.65. The molecule has 0 saturated carbocycles. The number of aliphatic carboxylic acids is 1. The molecular formula is C7H12N2O4. The Labute approximate surface area is 75.3 Å². The smallest absolute Gasteiger partial charge is 0.379 e. The number of rotatable bonds is 2. The van der Waals surface area contributed by atoms with Crippen molar-refractivity contribution in [1.82, 2.24) is 5.32 Å². The lowest BCUT2D eigenvalue weighted by Gasteiger charge is -2.26. The van der Waals surface area contributed by atoms with Crippen molar-refractivity contribution in [3.8, 4) is 0 Å². The van der Waals surface area contributed by atoms with Crippen molar-refractivity contribution in [2.24, 2.45) is 10.6 Å². The molecule has 74 valence electrons. The molecular weight excluding hydrogens is 176 g/mol. The Hall–Kier alpha value is -1.46. The lowest BCUT2D eigenvalue weighted by atomic mass is 9.87. The van der Waals surface area contributed by atoms with Gasteiger partial charge in [0.1, 0.15) is 6.04 Å². The average Bonchev–Trinajstić information content (AvgIpc) is 1.96. The van der Waals surface area contributed by atoms with Gasteiger partial charge in [-0.05, 0) is 5.41 Å². The van der Waals surface area contributed by atoms with E-state index < -0.39 is 23.5 Å². The van der Waals surface area contributed by atoms with Crippen molar-refractivity contribution < 1.29 is 14.7 Å². The lowest BCUT2D eigenvalue weighted by molar-refractivity contribution is -0.141. The highest BCUT2D eigenvalue weighted by Crippen LogP contribution is 2.19. The minimum Gasteiger partial charge on any atom is -0.480 e. The third-order valence-corrected chi connectivity index (χ3v) is 1.46. The minimum atomic E-state index is -1.19. The molecule has 0 rings (SSSR count). The normalized spacial score (nSPS) is 13.2. The Morgan fingerprint density at radius 2 is 1.85 bits per heavy atom. The van der Waals surface area contributed by atoms with E-state index in [-0.39, 0.29) is 0 Å². The Bertz CT molecular complexity index is 231. The molecule has 0 aromatic carbocycles. The van der Waals surface area contributed by atoms with E-state index in [1.807, 2.05) is 5.32 Å². The average molecular weight is 188 g/mol. The summed E-state index contributed by atoms with van der Waals surface area (Å²) in [5, 5.41) is 12.7. The monoisotopic (exact) mass is 188 g/mol. The van der Waals surface area contributed by atoms with Gasteiger partial charge in [-0.1, -0.05) is 20.8 Å². The number of carboxylic acids is 1. The van der Waals surface area contributed by atoms with Gasteiger partial charge < -0.3 is 10.4 Å². The second kappa shape index (κ2) is 3.97. The van der Waals surface area contributed by atoms with Crippen LogP contribution >= 0.6 is 0 Å². The molecule has 0 aliphatic heterocycles. The van der Waals surface area contributed by atoms with Gasteiger partial charge in [0.05, 0.1) is 0 Å². The number of urea groups is 1. The number of hydrogen-bond acceptors (Lipinski definition) is 3. The summed E-state index contributed by atoms with van der Waals surface area (Å²) in [6.07, 6.45) is 0. The third-order valence-electron chi connectivity index (χ3n) is 1.46. The van der Waals surface area contributed by atoms with Crippen LogP contribution in [0.2, 0.25) is 0 Å². The molecule has 6 heteroatoms. The van der Waals surface area contributed by atoms with Crippen LogP contribution in [0.15, 0.2) is 5.18 Å². The Morgan fingerprint density at radius 3 is 2.08 bits per heavy atom. The first-order chi connectivity index (χ1) is 5.79. The van der Waals surface area contributed by atoms with Crippen molar-refractivity contribution in [2.45, 2.75) is 26.8 Å². The Morgan fingerprint density at radius 1 is 1.38 bits per heavy atom. The molecule has 0 bridgehead atoms. The number of nitrogens with one attached hydrogen (secondary N) is 1. The van der Waals surface area contributed by atoms with Crippen LogP contribution in [-0.4, -0.2) is 23.1 Å². The molecule has 13 heavy (non-hydrogen) atoms. The molecule has 0 heterocycles. The van der Waals surface area contributed by atoms with E-state index in [0.29, 0.717) is 0 Å². The maximum absolute atomic E-state index is 10.6. The van der Waals surface area contributed by atoms with Gasteiger partial charge in [-0.3, -0.25) is 0 Å². The summed E-state index contributed by atoms with van der Waals surface area (Å²) >= 11 is 0. The molecule has 0 aromatic heterocycles. The van der Waals surface area contributed by atoms with Gasteiger partial charge in [0, 0.05) is 5.18 Å². The van der Waals surface area contributed by atoms with Gasteiger partial charge >= 0.3 is 12.0 Å². The van der Waals surface area contributed by atoms with E-state index in [4.69, 9.17) is 5.11 Å². The molecule has 2 amide bonds. The number of hydrogen-bond donors (Lipinski definition) is 2. The molecule has 0 aromatic rings. The van der Waals surface area contributed by atoms with Crippen LogP contribution < -0.4 is 5.32 Å². The zero-order valence-corrected chi connectivity index (χ0v) is 7.70. The third kappa shape index (κ3) is 3.64. The molecule has 0 radical (unpaired) electrons. The number of nitroso groups, excluding NO2 is 1. The van der Waals surface area contributed by atoms with Gasteiger partial charge in [0.15, 0.2) is 0 Å². The van der Waals surface area contributed by atoms with Crippen LogP contribution in [0, 0.1) is 10.3 Å². The first kappa shape index (κ1) is 11.5. The molecule has 6 nitrogen and oxygen atoms in total. The quantitative estimate of drug-likeness (QED) is 0.631. The number of nitrogens with zero attached hydrogens (tertiary/aromatic N) is 1. The SMILES string of the molecule is CC(C)(C)[C@H](NC(=O)N=O)C(=O)O. The number of carbonyl (C=O) groups excluding carboxylic acids is 1. The maximum atomic E-state index is 10.6. The van der Waals surface area contributed by atoms with Crippen molar-refractivity contribution in [1.29, 1.82) is 0 Å². The molecule has 0 aliphatic rings. The zero-order chi connectivity index (χ0) is 10.6. The van der Waals surface area contributed by atoms with Crippen molar-refractivity contribution in [3.63, 3.8) is 0 Å². The lowest BCUT2D eigenvalue weighted by Crippen LogP contribution is -2.48. The summed E-state index contributed by atoms with van der Waals surface area (Å²) in [5.41, 5.74) is -0.661. The predicted octanol–water partition coefficient (Wildman–Crippen LogP) is 0.962. The predicted molar refractivity (Wildman–Crippen MR) is 45.2 cm³/mol. The van der Waals surface area contributed by atoms with Crippen LogP contribution in [0.3, 0.4) is 0 Å². The fraction of sp³-hybridized carbons (Fsp3) is 0.714. The minimum absolute atomic E-state index is 0.661. The highest BCUT2D eigenvalue weighted by atomic mass is 16.4. The Balaban J connectivity index is 4.55. The molecule has 0 saturated heterocycles. The molecule has 0 spiro atoms. The van der Waals surface area contributed by atoms with Crippen LogP contribution in [0.25, 0.3) is 0 Å². The maximum Gasteiger partial charge on any atom is 0.379 e. The summed E-state index contributed by atoms with van der Waals surface area (Å²) in [6, 6.07) is -2.28. The molecule has 0 aliphatic carbocycles. The first-order valence-corrected chi connectivity index (χ1v) is 3.65. The standard InChI is InChI=1S/C7H12N2O4/c1-7(2,3)4(5(10)11)8-6(12)9-13/h4H,1-3H3,(H,8,12)(H,10,11)/t4-/m1/s1. The summed E-state index contributed by atoms with van der Waals surface area (Å²) in [7, 11) is 0. The van der Waals surface area contributed by atoms with Gasteiger partial charge in [0.25, 0.3) is 0 Å². The van der Waals surface area contributed by atoms with Crippen molar-refractivity contribution in [2.75, 3.05) is 0 Å². The summed E-state index contributed by atoms with van der Waals surface area (Å²) in [5.74, 6) is -1.19. The van der Waals surface area contributed by atoms with Crippen LogP contribution in [0.5, 0.6) is 0 Å². The van der Waals surface area contributed by atoms with Crippen LogP contribution in [0.1, 0.15) is 20.8 Å². The highest BCUT2D eigenvalue weighted by Gasteiger charge is 2.32. The fourth-order valence-electron chi connectivity index (χ4n) is 0.798. The topological polar surface area (TPSA) is 95.8 Å². The summed E-state index contributed by atoms with van der Waals surface area (Å²) < 4.78 is 0. The fourth-order valence-corrected chi connectivity index (χ4v) is 0.798.